The minimum atomic E-state index is -0.934. The van der Waals surface area contributed by atoms with Crippen LogP contribution in [-0.2, 0) is 19.0 Å². The van der Waals surface area contributed by atoms with E-state index < -0.39 is 23.6 Å². The second-order valence-corrected chi connectivity index (χ2v) is 25.0. The maximum Gasteiger partial charge on any atom is 0.407 e. The first kappa shape index (κ1) is 54.5. The Bertz CT molecular complexity index is 4170. The third kappa shape index (κ3) is 12.1. The zero-order valence-corrected chi connectivity index (χ0v) is 48.5. The Morgan fingerprint density at radius 1 is 0.451 bits per heavy atom. The molecule has 0 bridgehead atoms. The van der Waals surface area contributed by atoms with Crippen molar-refractivity contribution in [1.29, 1.82) is 0 Å². The zero-order valence-electron chi connectivity index (χ0n) is 44.4. The molecule has 14 heteroatoms. The van der Waals surface area contributed by atoms with E-state index in [4.69, 9.17) is 18.9 Å². The molecule has 0 aliphatic carbocycles. The van der Waals surface area contributed by atoms with Crippen molar-refractivity contribution in [3.05, 3.63) is 213 Å². The summed E-state index contributed by atoms with van der Waals surface area (Å²) in [5, 5.41) is 13.0. The van der Waals surface area contributed by atoms with Crippen molar-refractivity contribution in [2.75, 3.05) is 51.0 Å². The first-order valence-corrected chi connectivity index (χ1v) is 31.2. The first-order valence-electron chi connectivity index (χ1n) is 26.8. The fourth-order valence-corrected chi connectivity index (χ4v) is 16.2. The van der Waals surface area contributed by atoms with Gasteiger partial charge in [0.05, 0.1) is 18.5 Å². The number of carbonyl (C=O) groups excluding carboxylic acids is 3. The predicted molar refractivity (Wildman–Crippen MR) is 344 cm³/mol. The van der Waals surface area contributed by atoms with Gasteiger partial charge in [-0.05, 0) is 88.0 Å². The Labute approximate surface area is 494 Å². The van der Waals surface area contributed by atoms with Crippen LogP contribution in [0.25, 0.3) is 93.9 Å². The fraction of sp³-hybridized carbons (Fsp3) is 0.132. The lowest BCUT2D eigenvalue weighted by molar-refractivity contribution is -0.137. The molecule has 0 unspecified atom stereocenters. The highest BCUT2D eigenvalue weighted by Gasteiger charge is 2.35. The van der Waals surface area contributed by atoms with E-state index in [1.54, 1.807) is 57.5 Å². The molecule has 0 radical (unpaired) electrons. The van der Waals surface area contributed by atoms with E-state index in [0.29, 0.717) is 17.3 Å². The van der Waals surface area contributed by atoms with E-state index >= 15 is 0 Å². The summed E-state index contributed by atoms with van der Waals surface area (Å²) in [5.41, 5.74) is 5.70. The topological polar surface area (TPSA) is 112 Å². The van der Waals surface area contributed by atoms with E-state index in [1.165, 1.54) is 60.5 Å². The lowest BCUT2D eigenvalue weighted by atomic mass is 9.95. The molecule has 0 saturated carbocycles. The third-order valence-corrected chi connectivity index (χ3v) is 20.5. The van der Waals surface area contributed by atoms with E-state index in [1.807, 2.05) is 18.2 Å². The number of ether oxygens (including phenoxy) is 4. The number of hydrogen-bond acceptors (Lipinski definition) is 12. The van der Waals surface area contributed by atoms with Gasteiger partial charge in [-0.25, -0.2) is 14.4 Å². The maximum absolute atomic E-state index is 13.9. The molecule has 12 aromatic rings. The molecule has 0 aliphatic heterocycles. The van der Waals surface area contributed by atoms with Crippen molar-refractivity contribution in [3.63, 3.8) is 0 Å². The molecule has 9 aromatic carbocycles. The molecule has 0 spiro atoms. The second kappa shape index (κ2) is 24.9. The molecule has 0 saturated heterocycles. The number of benzene rings is 9. The minimum absolute atomic E-state index is 0.0287. The Hall–Kier alpha value is -8.11. The summed E-state index contributed by atoms with van der Waals surface area (Å²) in [6.07, 6.45) is -0.255. The summed E-state index contributed by atoms with van der Waals surface area (Å²) >= 11 is 8.60. The monoisotopic (exact) mass is 1170 g/mol. The van der Waals surface area contributed by atoms with Gasteiger partial charge in [-0.3, -0.25) is 0 Å². The minimum Gasteiger partial charge on any atom is -0.492 e. The van der Waals surface area contributed by atoms with Crippen LogP contribution < -0.4 is 15.4 Å². The molecular formula is C68H54N2O7S5. The number of fused-ring (bicyclic) bond motifs is 9. The fourth-order valence-electron chi connectivity index (χ4n) is 10.1. The van der Waals surface area contributed by atoms with Crippen LogP contribution in [0.4, 0.5) is 9.59 Å². The molecule has 3 aromatic heterocycles. The molecule has 12 rings (SSSR count). The Kier molecular flexibility index (Phi) is 16.6. The lowest BCUT2D eigenvalue weighted by Crippen LogP contribution is -2.42. The maximum atomic E-state index is 13.9. The normalized spacial score (nSPS) is 11.6. The molecular weight excluding hydrogens is 1120 g/mol. The summed E-state index contributed by atoms with van der Waals surface area (Å²) in [7, 11) is 0. The van der Waals surface area contributed by atoms with Crippen LogP contribution >= 0.6 is 57.5 Å². The molecule has 408 valence electrons. The number of esters is 1. The van der Waals surface area contributed by atoms with E-state index in [2.05, 4.69) is 199 Å². The first-order chi connectivity index (χ1) is 40.3. The van der Waals surface area contributed by atoms with E-state index in [0.717, 1.165) is 49.2 Å². The van der Waals surface area contributed by atoms with Crippen LogP contribution in [0.2, 0.25) is 0 Å². The van der Waals surface area contributed by atoms with Crippen molar-refractivity contribution in [3.8, 4) is 39.1 Å². The van der Waals surface area contributed by atoms with Crippen molar-refractivity contribution in [2.24, 2.45) is 5.41 Å². The molecule has 0 aliphatic rings. The summed E-state index contributed by atoms with van der Waals surface area (Å²) in [4.78, 5) is 41.1. The smallest absolute Gasteiger partial charge is 0.407 e. The summed E-state index contributed by atoms with van der Waals surface area (Å²) in [6.45, 7) is 3.60. The van der Waals surface area contributed by atoms with Crippen LogP contribution in [0.15, 0.2) is 223 Å². The Balaban J connectivity index is 0.796. The molecule has 0 fully saturated rings. The summed E-state index contributed by atoms with van der Waals surface area (Å²) in [6, 6.07) is 69.8. The Morgan fingerprint density at radius 3 is 1.32 bits per heavy atom. The van der Waals surface area contributed by atoms with Crippen molar-refractivity contribution in [1.82, 2.24) is 10.6 Å². The molecule has 2 N–H and O–H groups in total. The number of amides is 2. The predicted octanol–water partition coefficient (Wildman–Crippen LogP) is 17.9. The van der Waals surface area contributed by atoms with Crippen LogP contribution in [0.1, 0.15) is 0 Å². The highest BCUT2D eigenvalue weighted by molar-refractivity contribution is 8.00. The molecule has 2 amide bonds. The summed E-state index contributed by atoms with van der Waals surface area (Å²) < 4.78 is 30.9. The van der Waals surface area contributed by atoms with Crippen molar-refractivity contribution >= 4 is 136 Å². The van der Waals surface area contributed by atoms with Gasteiger partial charge in [-0.15, -0.1) is 57.5 Å². The molecule has 9 nitrogen and oxygen atoms in total. The number of hydrogen-bond donors (Lipinski definition) is 2. The van der Waals surface area contributed by atoms with Gasteiger partial charge >= 0.3 is 18.2 Å². The highest BCUT2D eigenvalue weighted by Crippen LogP contribution is 2.45. The number of thioether (sulfide) groups is 2. The van der Waals surface area contributed by atoms with Crippen molar-refractivity contribution < 1.29 is 33.3 Å². The van der Waals surface area contributed by atoms with Gasteiger partial charge in [-0.1, -0.05) is 152 Å². The van der Waals surface area contributed by atoms with E-state index in [-0.39, 0.29) is 39.5 Å². The molecule has 82 heavy (non-hydrogen) atoms. The molecule has 0 atom stereocenters. The van der Waals surface area contributed by atoms with E-state index in [9.17, 15) is 14.4 Å². The van der Waals surface area contributed by atoms with Gasteiger partial charge < -0.3 is 29.6 Å². The summed E-state index contributed by atoms with van der Waals surface area (Å²) in [5.74, 6) is 0.903. The van der Waals surface area contributed by atoms with Crippen molar-refractivity contribution in [2.45, 2.75) is 9.79 Å². The van der Waals surface area contributed by atoms with Gasteiger partial charge in [-0.2, -0.15) is 0 Å². The quantitative estimate of drug-likeness (QED) is 0.0239. The Morgan fingerprint density at radius 2 is 0.854 bits per heavy atom. The van der Waals surface area contributed by atoms with Crippen LogP contribution in [0, 0.1) is 5.41 Å². The number of thiophene rings is 3. The van der Waals surface area contributed by atoms with Crippen LogP contribution in [0.5, 0.6) is 5.75 Å². The van der Waals surface area contributed by atoms with Crippen LogP contribution in [-0.4, -0.2) is 69.2 Å². The molecule has 3 heterocycles. The SMILES string of the molecule is C=CC(=O)OCCNC(=O)OCC(COC(=O)NCCOc1cccc(-c2cccc3c2sc2ccccc23)c1)(CSc1cccc(-c2cccc3c2sc2ccccc23)c1)CSc1cccc(-c2cccc3c2sc2ccccc23)c1. The van der Waals surface area contributed by atoms with Gasteiger partial charge in [0.25, 0.3) is 0 Å². The van der Waals surface area contributed by atoms with Gasteiger partial charge in [0, 0.05) is 87.9 Å². The average Bonchev–Trinajstić information content (AvgIpc) is 4.33. The number of carbonyl (C=O) groups is 3. The largest absolute Gasteiger partial charge is 0.492 e. The van der Waals surface area contributed by atoms with Gasteiger partial charge in [0.15, 0.2) is 0 Å². The number of rotatable bonds is 21. The van der Waals surface area contributed by atoms with Crippen LogP contribution in [0.3, 0.4) is 0 Å². The zero-order chi connectivity index (χ0) is 55.8. The van der Waals surface area contributed by atoms with Gasteiger partial charge in [0.2, 0.25) is 0 Å². The number of nitrogens with one attached hydrogen (secondary N) is 2. The third-order valence-electron chi connectivity index (χ3n) is 14.2. The van der Waals surface area contributed by atoms with Gasteiger partial charge in [0.1, 0.15) is 32.2 Å². The highest BCUT2D eigenvalue weighted by atomic mass is 32.2. The average molecular weight is 1170 g/mol. The lowest BCUT2D eigenvalue weighted by Gasteiger charge is -2.32. The second-order valence-electron chi connectivity index (χ2n) is 19.7. The number of alkyl carbamates (subject to hydrolysis) is 2. The standard InChI is InChI=1S/C68H54N2O7S5/c1-2-62(71)75-36-34-70-67(73)77-41-68(42-78-48-19-10-16-45(38-48)51-25-13-28-57-54-22-4-7-31-60(54)81-64(51)57,43-79-49-20-11-17-46(39-49)52-26-14-29-58-55-23-5-8-32-61(55)82-65(52)58)40-76-66(72)69-33-35-74-47-18-9-15-44(37-47)50-24-12-27-56-53-21-3-6-30-59(53)80-63(50)56/h2-32,37-39H,1,33-36,40-43H2,(H,69,72)(H,70,73).